The van der Waals surface area contributed by atoms with Gasteiger partial charge in [-0.3, -0.25) is 24.0 Å². The van der Waals surface area contributed by atoms with E-state index in [0.29, 0.717) is 0 Å². The van der Waals surface area contributed by atoms with Crippen molar-refractivity contribution in [3.05, 3.63) is 47.8 Å². The second-order valence-electron chi connectivity index (χ2n) is 5.96. The summed E-state index contributed by atoms with van der Waals surface area (Å²) in [6.45, 7) is -1.05. The van der Waals surface area contributed by atoms with Crippen LogP contribution in [0.1, 0.15) is 10.4 Å². The molecule has 1 aliphatic rings. The van der Waals surface area contributed by atoms with Crippen molar-refractivity contribution in [2.24, 2.45) is 5.73 Å². The summed E-state index contributed by atoms with van der Waals surface area (Å²) in [6, 6.07) is 6.47. The molecule has 0 saturated carbocycles. The van der Waals surface area contributed by atoms with E-state index in [9.17, 15) is 27.2 Å². The van der Waals surface area contributed by atoms with Crippen LogP contribution in [0.25, 0.3) is 0 Å². The van der Waals surface area contributed by atoms with Gasteiger partial charge in [-0.2, -0.15) is 0 Å². The molecule has 2 aromatic carbocycles. The van der Waals surface area contributed by atoms with Gasteiger partial charge in [0.1, 0.15) is 18.1 Å². The summed E-state index contributed by atoms with van der Waals surface area (Å²) in [5, 5.41) is 8.99. The van der Waals surface area contributed by atoms with Gasteiger partial charge in [0.05, 0.1) is 16.1 Å². The molecule has 0 fully saturated rings. The van der Waals surface area contributed by atoms with Crippen molar-refractivity contribution >= 4 is 39.2 Å². The molecule has 2 amide bonds. The fraction of sp³-hybridized carbons (Fsp3) is 0.118. The number of ether oxygens (including phenoxy) is 1. The molecule has 0 atom stereocenters. The first-order valence-corrected chi connectivity index (χ1v) is 9.48. The Bertz CT molecular complexity index is 1130. The standard InChI is InChI=1S/C17H14FN3O7S/c18-12-3-1-9(5-11(12)17(19)25)20-29(26,27)10-2-4-14-13(6-10)21(7-16(23)24)15(22)8-28-14/h1-6,20H,7-8H2,(H2,19,25)(H,23,24). The van der Waals surface area contributed by atoms with Gasteiger partial charge in [-0.15, -0.1) is 0 Å². The Morgan fingerprint density at radius 3 is 2.62 bits per heavy atom. The molecule has 152 valence electrons. The number of hydrogen-bond donors (Lipinski definition) is 3. The van der Waals surface area contributed by atoms with Gasteiger partial charge in [0.2, 0.25) is 0 Å². The number of carboxylic acid groups (broad SMARTS) is 1. The fourth-order valence-corrected chi connectivity index (χ4v) is 3.72. The monoisotopic (exact) mass is 423 g/mol. The minimum absolute atomic E-state index is 0.0246. The zero-order chi connectivity index (χ0) is 21.3. The summed E-state index contributed by atoms with van der Waals surface area (Å²) in [5.74, 6) is -3.77. The van der Waals surface area contributed by atoms with Crippen molar-refractivity contribution in [3.63, 3.8) is 0 Å². The Morgan fingerprint density at radius 2 is 1.97 bits per heavy atom. The number of carboxylic acids is 1. The van der Waals surface area contributed by atoms with Crippen LogP contribution in [0.5, 0.6) is 5.75 Å². The maximum Gasteiger partial charge on any atom is 0.323 e. The van der Waals surface area contributed by atoms with Crippen LogP contribution in [0.4, 0.5) is 15.8 Å². The second-order valence-corrected chi connectivity index (χ2v) is 7.64. The number of anilines is 2. The van der Waals surface area contributed by atoms with E-state index >= 15 is 0 Å². The molecule has 2 aromatic rings. The number of aliphatic carboxylic acids is 1. The van der Waals surface area contributed by atoms with Gasteiger partial charge in [0.25, 0.3) is 21.8 Å². The maximum atomic E-state index is 13.6. The zero-order valence-corrected chi connectivity index (χ0v) is 15.4. The van der Waals surface area contributed by atoms with Crippen molar-refractivity contribution < 1.29 is 37.0 Å². The SMILES string of the molecule is NC(=O)c1cc(NS(=O)(=O)c2ccc3c(c2)N(CC(=O)O)C(=O)CO3)ccc1F. The second kappa shape index (κ2) is 7.39. The number of hydrogen-bond acceptors (Lipinski definition) is 6. The highest BCUT2D eigenvalue weighted by Gasteiger charge is 2.29. The van der Waals surface area contributed by atoms with Gasteiger partial charge in [0, 0.05) is 5.69 Å². The van der Waals surface area contributed by atoms with Crippen LogP contribution in [0.2, 0.25) is 0 Å². The van der Waals surface area contributed by atoms with Gasteiger partial charge >= 0.3 is 5.97 Å². The highest BCUT2D eigenvalue weighted by molar-refractivity contribution is 7.92. The number of fused-ring (bicyclic) bond motifs is 1. The molecule has 1 heterocycles. The topological polar surface area (TPSA) is 156 Å². The quantitative estimate of drug-likeness (QED) is 0.612. The third-order valence-electron chi connectivity index (χ3n) is 3.96. The van der Waals surface area contributed by atoms with Crippen LogP contribution < -0.4 is 20.1 Å². The first kappa shape index (κ1) is 20.1. The molecule has 3 rings (SSSR count). The van der Waals surface area contributed by atoms with Crippen molar-refractivity contribution in [2.45, 2.75) is 4.90 Å². The third-order valence-corrected chi connectivity index (χ3v) is 5.34. The van der Waals surface area contributed by atoms with Crippen LogP contribution in [0.3, 0.4) is 0 Å². The summed E-state index contributed by atoms with van der Waals surface area (Å²) in [7, 11) is -4.24. The Labute approximate surface area is 163 Å². The number of primary amides is 1. The number of nitrogens with one attached hydrogen (secondary N) is 1. The average Bonchev–Trinajstić information content (AvgIpc) is 2.64. The zero-order valence-electron chi connectivity index (χ0n) is 14.6. The van der Waals surface area contributed by atoms with Gasteiger partial charge in [-0.25, -0.2) is 12.8 Å². The molecule has 4 N–H and O–H groups in total. The Kier molecular flexibility index (Phi) is 5.12. The molecule has 0 spiro atoms. The predicted molar refractivity (Wildman–Crippen MR) is 97.7 cm³/mol. The Hall–Kier alpha value is -3.67. The van der Waals surface area contributed by atoms with Gasteiger partial charge in [-0.1, -0.05) is 0 Å². The summed E-state index contributed by atoms with van der Waals surface area (Å²) in [5.41, 5.74) is 4.41. The van der Waals surface area contributed by atoms with E-state index < -0.39 is 45.7 Å². The van der Waals surface area contributed by atoms with Crippen molar-refractivity contribution in [3.8, 4) is 5.75 Å². The van der Waals surface area contributed by atoms with Crippen molar-refractivity contribution in [2.75, 3.05) is 22.8 Å². The molecule has 0 radical (unpaired) electrons. The lowest BCUT2D eigenvalue weighted by Gasteiger charge is -2.28. The Balaban J connectivity index is 1.97. The lowest BCUT2D eigenvalue weighted by atomic mass is 10.2. The van der Waals surface area contributed by atoms with E-state index in [1.165, 1.54) is 12.1 Å². The van der Waals surface area contributed by atoms with E-state index in [1.807, 2.05) is 0 Å². The van der Waals surface area contributed by atoms with Gasteiger partial charge < -0.3 is 15.6 Å². The molecular weight excluding hydrogens is 409 g/mol. The summed E-state index contributed by atoms with van der Waals surface area (Å²) < 4.78 is 46.3. The number of benzene rings is 2. The molecular formula is C17H14FN3O7S. The lowest BCUT2D eigenvalue weighted by molar-refractivity contribution is -0.137. The van der Waals surface area contributed by atoms with Gasteiger partial charge in [-0.05, 0) is 36.4 Å². The summed E-state index contributed by atoms with van der Waals surface area (Å²) in [6.07, 6.45) is 0. The maximum absolute atomic E-state index is 13.6. The number of sulfonamides is 1. The molecule has 0 saturated heterocycles. The average molecular weight is 423 g/mol. The number of halogens is 1. The number of nitrogens with zero attached hydrogens (tertiary/aromatic N) is 1. The third kappa shape index (κ3) is 4.11. The smallest absolute Gasteiger partial charge is 0.323 e. The first-order valence-electron chi connectivity index (χ1n) is 7.99. The number of nitrogens with two attached hydrogens (primary N) is 1. The number of carbonyl (C=O) groups excluding carboxylic acids is 2. The van der Waals surface area contributed by atoms with E-state index in [2.05, 4.69) is 4.72 Å². The van der Waals surface area contributed by atoms with Crippen LogP contribution in [0.15, 0.2) is 41.3 Å². The van der Waals surface area contributed by atoms with E-state index in [0.717, 1.165) is 29.2 Å². The van der Waals surface area contributed by atoms with Crippen LogP contribution in [-0.4, -0.2) is 44.5 Å². The number of rotatable bonds is 6. The lowest BCUT2D eigenvalue weighted by Crippen LogP contribution is -2.42. The molecule has 12 heteroatoms. The van der Waals surface area contributed by atoms with Gasteiger partial charge in [0.15, 0.2) is 6.61 Å². The normalized spacial score (nSPS) is 13.4. The number of carbonyl (C=O) groups is 3. The number of amides is 2. The molecule has 1 aliphatic heterocycles. The molecule has 10 nitrogen and oxygen atoms in total. The van der Waals surface area contributed by atoms with E-state index in [-0.39, 0.29) is 28.6 Å². The largest absolute Gasteiger partial charge is 0.482 e. The molecule has 0 aliphatic carbocycles. The molecule has 0 unspecified atom stereocenters. The summed E-state index contributed by atoms with van der Waals surface area (Å²) >= 11 is 0. The minimum Gasteiger partial charge on any atom is -0.482 e. The first-order chi connectivity index (χ1) is 13.6. The highest BCUT2D eigenvalue weighted by Crippen LogP contribution is 2.34. The van der Waals surface area contributed by atoms with Crippen molar-refractivity contribution in [1.82, 2.24) is 0 Å². The van der Waals surface area contributed by atoms with E-state index in [4.69, 9.17) is 15.6 Å². The summed E-state index contributed by atoms with van der Waals surface area (Å²) in [4.78, 5) is 34.8. The van der Waals surface area contributed by atoms with Crippen LogP contribution in [0, 0.1) is 5.82 Å². The van der Waals surface area contributed by atoms with E-state index in [1.54, 1.807) is 0 Å². The highest BCUT2D eigenvalue weighted by atomic mass is 32.2. The van der Waals surface area contributed by atoms with Crippen molar-refractivity contribution in [1.29, 1.82) is 0 Å². The molecule has 29 heavy (non-hydrogen) atoms. The molecule has 0 bridgehead atoms. The van der Waals surface area contributed by atoms with Crippen LogP contribution >= 0.6 is 0 Å². The Morgan fingerprint density at radius 1 is 1.24 bits per heavy atom. The fourth-order valence-electron chi connectivity index (χ4n) is 2.65. The van der Waals surface area contributed by atoms with Crippen LogP contribution in [-0.2, 0) is 19.6 Å². The predicted octanol–water partition coefficient (Wildman–Crippen LogP) is 0.535. The minimum atomic E-state index is -4.24. The molecule has 0 aromatic heterocycles.